The summed E-state index contributed by atoms with van der Waals surface area (Å²) in [6.45, 7) is 20.4. The molecule has 5 aliphatic rings. The van der Waals surface area contributed by atoms with Crippen LogP contribution in [0.3, 0.4) is 0 Å². The van der Waals surface area contributed by atoms with Crippen molar-refractivity contribution in [3.05, 3.63) is 0 Å². The van der Waals surface area contributed by atoms with Gasteiger partial charge in [-0.05, 0) is 12.8 Å². The molecule has 1 unspecified atom stereocenters. The van der Waals surface area contributed by atoms with E-state index in [1.165, 1.54) is 0 Å². The number of rotatable bonds is 8. The number of ether oxygens (including phenoxy) is 8. The van der Waals surface area contributed by atoms with Gasteiger partial charge >= 0.3 is 0 Å². The number of hydrogen-bond acceptors (Lipinski definition) is 12. The normalized spacial score (nSPS) is 37.3. The van der Waals surface area contributed by atoms with Crippen LogP contribution in [0.5, 0.6) is 0 Å². The van der Waals surface area contributed by atoms with Gasteiger partial charge in [0.05, 0.1) is 90.3 Å². The summed E-state index contributed by atoms with van der Waals surface area (Å²) in [4.78, 5) is 0. The topological polar surface area (TPSA) is 155 Å². The molecule has 0 aliphatic carbocycles. The first kappa shape index (κ1) is 39.0. The molecule has 0 aromatic carbocycles. The lowest BCUT2D eigenvalue weighted by Gasteiger charge is -2.48. The Morgan fingerprint density at radius 3 is 1.33 bits per heavy atom. The third kappa shape index (κ3) is 9.79. The quantitative estimate of drug-likeness (QED) is 0.305. The number of aliphatic hydroxyl groups is 4. The van der Waals surface area contributed by atoms with Crippen molar-refractivity contribution in [2.45, 2.75) is 99.3 Å². The molecule has 0 amide bonds. The average molecular weight is 651 g/mol. The summed E-state index contributed by atoms with van der Waals surface area (Å²) in [7, 11) is 0. The van der Waals surface area contributed by atoms with E-state index < -0.39 is 28.8 Å². The average Bonchev–Trinajstić information content (AvgIpc) is 3.67. The van der Waals surface area contributed by atoms with E-state index in [-0.39, 0.29) is 43.5 Å². The van der Waals surface area contributed by atoms with Crippen LogP contribution in [-0.2, 0) is 37.9 Å². The highest BCUT2D eigenvalue weighted by Crippen LogP contribution is 2.38. The van der Waals surface area contributed by atoms with E-state index in [9.17, 15) is 20.4 Å². The monoisotopic (exact) mass is 650 g/mol. The molecule has 5 rings (SSSR count). The Hall–Kier alpha value is -0.480. The lowest BCUT2D eigenvalue weighted by molar-refractivity contribution is -0.337. The maximum atomic E-state index is 9.37. The Morgan fingerprint density at radius 2 is 1.00 bits per heavy atom. The fraction of sp³-hybridized carbons (Fsp3) is 1.00. The van der Waals surface area contributed by atoms with E-state index >= 15 is 0 Å². The zero-order valence-electron chi connectivity index (χ0n) is 28.9. The van der Waals surface area contributed by atoms with Crippen LogP contribution in [0.4, 0.5) is 0 Å². The van der Waals surface area contributed by atoms with Crippen molar-refractivity contribution in [1.82, 2.24) is 0 Å². The smallest absolute Gasteiger partial charge is 0.164 e. The van der Waals surface area contributed by atoms with Gasteiger partial charge in [-0.15, -0.1) is 0 Å². The first-order chi connectivity index (χ1) is 21.1. The summed E-state index contributed by atoms with van der Waals surface area (Å²) in [5.41, 5.74) is -1.82. The van der Waals surface area contributed by atoms with Gasteiger partial charge in [0.25, 0.3) is 0 Å². The molecular weight excluding hydrogens is 588 g/mol. The maximum Gasteiger partial charge on any atom is 0.164 e. The fourth-order valence-corrected chi connectivity index (χ4v) is 5.61. The van der Waals surface area contributed by atoms with Crippen LogP contribution in [-0.4, -0.2) is 131 Å². The predicted octanol–water partition coefficient (Wildman–Crippen LogP) is 2.33. The maximum absolute atomic E-state index is 9.37. The highest BCUT2D eigenvalue weighted by molar-refractivity contribution is 4.89. The molecular formula is C33H62O12. The molecule has 5 heterocycles. The molecule has 12 nitrogen and oxygen atoms in total. The molecule has 3 atom stereocenters. The molecule has 0 aromatic rings. The van der Waals surface area contributed by atoms with Gasteiger partial charge in [0.1, 0.15) is 0 Å². The number of aliphatic hydroxyl groups excluding tert-OH is 4. The van der Waals surface area contributed by atoms with Gasteiger partial charge < -0.3 is 58.3 Å². The van der Waals surface area contributed by atoms with Crippen LogP contribution in [0.1, 0.15) is 68.2 Å². The van der Waals surface area contributed by atoms with Crippen molar-refractivity contribution in [1.29, 1.82) is 0 Å². The van der Waals surface area contributed by atoms with E-state index in [1.807, 2.05) is 48.5 Å². The molecule has 12 heteroatoms. The summed E-state index contributed by atoms with van der Waals surface area (Å²) in [6.07, 6.45) is 1.57. The second-order valence-corrected chi connectivity index (χ2v) is 15.8. The molecule has 5 aliphatic heterocycles. The third-order valence-corrected chi connectivity index (χ3v) is 9.68. The standard InChI is InChI=1S/C15H28O6.C11H22O4.C7H12O2/c1-13(2,5-16)11-18-7-15(8-19-11)9-20-12(21-10-15)14(3,4)6-17;1-4-11(6-13)7-14-9(15-8-11)10(2,3)5-12;1-5-4-9-6-2-3-8-7(5)6/h11-12,16-17H,5-10H2,1-4H3;9,12-13H,4-8H2,1-3H3;5-7H,2-4H2,1H3/t;;5?,6-,7-/m..1/s1. The molecule has 5 saturated heterocycles. The first-order valence-electron chi connectivity index (χ1n) is 16.5. The Labute approximate surface area is 269 Å². The summed E-state index contributed by atoms with van der Waals surface area (Å²) in [5.74, 6) is 0.623. The van der Waals surface area contributed by atoms with E-state index in [0.717, 1.165) is 26.1 Å². The van der Waals surface area contributed by atoms with Crippen molar-refractivity contribution < 1.29 is 58.3 Å². The highest BCUT2D eigenvalue weighted by Gasteiger charge is 2.47. The largest absolute Gasteiger partial charge is 0.396 e. The first-order valence-corrected chi connectivity index (χ1v) is 16.5. The molecule has 0 radical (unpaired) electrons. The van der Waals surface area contributed by atoms with E-state index in [4.69, 9.17) is 37.9 Å². The zero-order valence-corrected chi connectivity index (χ0v) is 28.9. The fourth-order valence-electron chi connectivity index (χ4n) is 5.61. The lowest BCUT2D eigenvalue weighted by atomic mass is 9.86. The van der Waals surface area contributed by atoms with Crippen molar-refractivity contribution in [2.75, 3.05) is 79.3 Å². The SMILES string of the molecule is CC(C)(CO)C1OCC2(CO1)COC(C(C)(C)CO)OC2.CC1CO[C@@H]2CCO[C@H]12.CCC1(CO)COC(C(C)(C)CO)OC1. The van der Waals surface area contributed by atoms with E-state index in [0.29, 0.717) is 57.8 Å². The second kappa shape index (κ2) is 16.3. The van der Waals surface area contributed by atoms with Crippen molar-refractivity contribution >= 4 is 0 Å². The molecule has 0 aromatic heterocycles. The zero-order chi connectivity index (χ0) is 33.5. The lowest BCUT2D eigenvalue weighted by Crippen LogP contribution is -2.56. The summed E-state index contributed by atoms with van der Waals surface area (Å²) in [6, 6.07) is 0. The van der Waals surface area contributed by atoms with Crippen LogP contribution >= 0.6 is 0 Å². The van der Waals surface area contributed by atoms with Crippen molar-refractivity contribution in [2.24, 2.45) is 33.0 Å². The van der Waals surface area contributed by atoms with Gasteiger partial charge in [-0.25, -0.2) is 0 Å². The molecule has 0 saturated carbocycles. The van der Waals surface area contributed by atoms with Gasteiger partial charge in [0, 0.05) is 34.2 Å². The molecule has 266 valence electrons. The minimum Gasteiger partial charge on any atom is -0.396 e. The van der Waals surface area contributed by atoms with Gasteiger partial charge in [-0.1, -0.05) is 55.4 Å². The molecule has 0 bridgehead atoms. The van der Waals surface area contributed by atoms with Gasteiger partial charge in [0.15, 0.2) is 18.9 Å². The molecule has 1 spiro atoms. The van der Waals surface area contributed by atoms with Crippen LogP contribution in [0.25, 0.3) is 0 Å². The molecule has 4 N–H and O–H groups in total. The number of fused-ring (bicyclic) bond motifs is 1. The molecule has 45 heavy (non-hydrogen) atoms. The highest BCUT2D eigenvalue weighted by atomic mass is 16.7. The van der Waals surface area contributed by atoms with Gasteiger partial charge in [-0.2, -0.15) is 0 Å². The van der Waals surface area contributed by atoms with Crippen LogP contribution < -0.4 is 0 Å². The van der Waals surface area contributed by atoms with Gasteiger partial charge in [-0.3, -0.25) is 0 Å². The summed E-state index contributed by atoms with van der Waals surface area (Å²) < 4.78 is 45.2. The minimum atomic E-state index is -0.431. The minimum absolute atomic E-state index is 0.00440. The van der Waals surface area contributed by atoms with Crippen molar-refractivity contribution in [3.63, 3.8) is 0 Å². The van der Waals surface area contributed by atoms with Crippen LogP contribution in [0, 0.1) is 33.0 Å². The van der Waals surface area contributed by atoms with Gasteiger partial charge in [0.2, 0.25) is 0 Å². The van der Waals surface area contributed by atoms with E-state index in [1.54, 1.807) is 0 Å². The van der Waals surface area contributed by atoms with E-state index in [2.05, 4.69) is 6.92 Å². The predicted molar refractivity (Wildman–Crippen MR) is 165 cm³/mol. The Bertz CT molecular complexity index is 812. The Kier molecular flexibility index (Phi) is 14.1. The molecule has 5 fully saturated rings. The Morgan fingerprint density at radius 1 is 0.600 bits per heavy atom. The van der Waals surface area contributed by atoms with Crippen molar-refractivity contribution in [3.8, 4) is 0 Å². The summed E-state index contributed by atoms with van der Waals surface area (Å²) >= 11 is 0. The number of hydrogen-bond donors (Lipinski definition) is 4. The Balaban J connectivity index is 0.000000199. The third-order valence-electron chi connectivity index (χ3n) is 9.68. The summed E-state index contributed by atoms with van der Waals surface area (Å²) in [5, 5.41) is 37.2. The van der Waals surface area contributed by atoms with Crippen LogP contribution in [0.15, 0.2) is 0 Å². The van der Waals surface area contributed by atoms with Crippen LogP contribution in [0.2, 0.25) is 0 Å². The second-order valence-electron chi connectivity index (χ2n) is 15.8.